The van der Waals surface area contributed by atoms with Gasteiger partial charge in [-0.25, -0.2) is 4.98 Å². The zero-order valence-electron chi connectivity index (χ0n) is 18.2. The Morgan fingerprint density at radius 3 is 2.65 bits per heavy atom. The number of nitrogens with one attached hydrogen (secondary N) is 1. The number of rotatable bonds is 6. The van der Waals surface area contributed by atoms with Crippen LogP contribution in [-0.2, 0) is 6.54 Å². The molecule has 2 fully saturated rings. The molecule has 3 heterocycles. The molecule has 2 aromatic rings. The molecule has 0 radical (unpaired) electrons. The monoisotopic (exact) mass is 420 g/mol. The molecule has 0 unspecified atom stereocenters. The fourth-order valence-electron chi connectivity index (χ4n) is 5.51. The number of para-hydroxylation sites is 1. The molecular weight excluding hydrogens is 388 g/mol. The number of carbonyl (C=O) groups is 2. The van der Waals surface area contributed by atoms with Gasteiger partial charge in [0.05, 0.1) is 11.1 Å². The summed E-state index contributed by atoms with van der Waals surface area (Å²) in [6.45, 7) is 4.54. The highest BCUT2D eigenvalue weighted by atomic mass is 16.2. The molecule has 1 aromatic heterocycles. The molecule has 2 amide bonds. The van der Waals surface area contributed by atoms with Gasteiger partial charge >= 0.3 is 0 Å². The largest absolute Gasteiger partial charge is 0.352 e. The third kappa shape index (κ3) is 4.05. The van der Waals surface area contributed by atoms with E-state index >= 15 is 0 Å². The topological polar surface area (TPSA) is 65.5 Å². The van der Waals surface area contributed by atoms with E-state index in [1.807, 2.05) is 29.2 Å². The first-order valence-electron chi connectivity index (χ1n) is 12.0. The average molecular weight is 421 g/mol. The van der Waals surface area contributed by atoms with E-state index in [1.165, 1.54) is 45.2 Å². The molecule has 2 aliphatic heterocycles. The van der Waals surface area contributed by atoms with Gasteiger partial charge in [0.25, 0.3) is 11.8 Å². The predicted molar refractivity (Wildman–Crippen MR) is 121 cm³/mol. The van der Waals surface area contributed by atoms with E-state index in [9.17, 15) is 9.59 Å². The second-order valence-electron chi connectivity index (χ2n) is 9.21. The van der Waals surface area contributed by atoms with E-state index in [0.717, 1.165) is 42.3 Å². The number of likely N-dealkylation sites (tertiary alicyclic amines) is 1. The number of hydrogen-bond acceptors (Lipinski definition) is 4. The van der Waals surface area contributed by atoms with Crippen LogP contribution >= 0.6 is 0 Å². The number of amides is 2. The summed E-state index contributed by atoms with van der Waals surface area (Å²) in [4.78, 5) is 35.7. The highest BCUT2D eigenvalue weighted by Gasteiger charge is 2.37. The number of benzene rings is 1. The Kier molecular flexibility index (Phi) is 5.90. The van der Waals surface area contributed by atoms with Gasteiger partial charge in [0.15, 0.2) is 0 Å². The fraction of sp³-hybridized carbons (Fsp3) is 0.560. The Morgan fingerprint density at radius 2 is 1.84 bits per heavy atom. The molecule has 0 spiro atoms. The molecule has 1 aromatic carbocycles. The Bertz CT molecular complexity index is 977. The van der Waals surface area contributed by atoms with Gasteiger partial charge in [-0.2, -0.15) is 0 Å². The summed E-state index contributed by atoms with van der Waals surface area (Å²) in [5, 5.41) is 3.97. The van der Waals surface area contributed by atoms with Crippen molar-refractivity contribution in [3.63, 3.8) is 0 Å². The zero-order chi connectivity index (χ0) is 21.2. The summed E-state index contributed by atoms with van der Waals surface area (Å²) < 4.78 is 0. The van der Waals surface area contributed by atoms with Gasteiger partial charge in [0, 0.05) is 30.1 Å². The lowest BCUT2D eigenvalue weighted by Crippen LogP contribution is -2.37. The fourth-order valence-corrected chi connectivity index (χ4v) is 5.51. The van der Waals surface area contributed by atoms with Crippen LogP contribution in [0.15, 0.2) is 24.3 Å². The third-order valence-corrected chi connectivity index (χ3v) is 7.16. The van der Waals surface area contributed by atoms with Gasteiger partial charge in [0.2, 0.25) is 0 Å². The van der Waals surface area contributed by atoms with Crippen LogP contribution in [0, 0.1) is 0 Å². The van der Waals surface area contributed by atoms with Gasteiger partial charge in [-0.1, -0.05) is 37.5 Å². The molecule has 1 saturated carbocycles. The van der Waals surface area contributed by atoms with Gasteiger partial charge in [-0.15, -0.1) is 0 Å². The summed E-state index contributed by atoms with van der Waals surface area (Å²) in [5.74, 6) is -0.0784. The minimum Gasteiger partial charge on any atom is -0.352 e. The molecule has 1 aliphatic carbocycles. The minimum atomic E-state index is -0.0745. The number of fused-ring (bicyclic) bond motifs is 2. The molecule has 3 aliphatic rings. The molecule has 6 nitrogen and oxygen atoms in total. The normalized spacial score (nSPS) is 19.9. The van der Waals surface area contributed by atoms with E-state index < -0.39 is 0 Å². The van der Waals surface area contributed by atoms with E-state index in [2.05, 4.69) is 10.2 Å². The maximum absolute atomic E-state index is 13.3. The van der Waals surface area contributed by atoms with Crippen LogP contribution in [-0.4, -0.2) is 58.8 Å². The Balaban J connectivity index is 1.38. The first kappa shape index (κ1) is 20.4. The number of carbonyl (C=O) groups excluding carboxylic acids is 2. The molecule has 31 heavy (non-hydrogen) atoms. The molecule has 0 bridgehead atoms. The number of nitrogens with zero attached hydrogens (tertiary/aromatic N) is 3. The maximum Gasteiger partial charge on any atom is 0.273 e. The first-order chi connectivity index (χ1) is 15.2. The molecule has 1 N–H and O–H groups in total. The Labute approximate surface area is 184 Å². The molecule has 5 rings (SSSR count). The number of pyridine rings is 1. The van der Waals surface area contributed by atoms with Crippen molar-refractivity contribution in [1.82, 2.24) is 20.1 Å². The maximum atomic E-state index is 13.3. The van der Waals surface area contributed by atoms with Gasteiger partial charge in [-0.3, -0.25) is 9.59 Å². The zero-order valence-corrected chi connectivity index (χ0v) is 18.2. The Hall–Kier alpha value is -2.47. The quantitative estimate of drug-likeness (QED) is 0.723. The van der Waals surface area contributed by atoms with Crippen LogP contribution in [0.5, 0.6) is 0 Å². The van der Waals surface area contributed by atoms with Crippen LogP contribution < -0.4 is 5.32 Å². The van der Waals surface area contributed by atoms with Crippen molar-refractivity contribution in [3.8, 4) is 0 Å². The van der Waals surface area contributed by atoms with Crippen LogP contribution in [0.4, 0.5) is 0 Å². The van der Waals surface area contributed by atoms with Crippen molar-refractivity contribution < 1.29 is 9.59 Å². The minimum absolute atomic E-state index is 0.00395. The van der Waals surface area contributed by atoms with Crippen molar-refractivity contribution in [3.05, 3.63) is 41.1 Å². The van der Waals surface area contributed by atoms with E-state index in [0.29, 0.717) is 24.3 Å². The van der Waals surface area contributed by atoms with Crippen LogP contribution in [0.25, 0.3) is 10.9 Å². The molecule has 164 valence electrons. The standard InChI is InChI=1S/C25H32N4O2/c30-24(26-13-8-16-28-14-6-7-15-28)22-19-11-4-5-12-21(19)27-23-20(22)17-29(25(23)31)18-9-2-1-3-10-18/h4-5,11-12,18H,1-3,6-10,13-17H2,(H,26,30). The van der Waals surface area contributed by atoms with Crippen molar-refractivity contribution >= 4 is 22.7 Å². The molecular formula is C25H32N4O2. The third-order valence-electron chi connectivity index (χ3n) is 7.16. The smallest absolute Gasteiger partial charge is 0.273 e. The SMILES string of the molecule is O=C(NCCCN1CCCC1)c1c2c(nc3ccccc13)C(=O)N(C1CCCCC1)C2. The second-order valence-corrected chi connectivity index (χ2v) is 9.21. The van der Waals surface area contributed by atoms with Crippen molar-refractivity contribution in [2.45, 2.75) is 64.0 Å². The summed E-state index contributed by atoms with van der Waals surface area (Å²) in [6, 6.07) is 7.98. The van der Waals surface area contributed by atoms with Gasteiger partial charge in [0.1, 0.15) is 5.69 Å². The van der Waals surface area contributed by atoms with Crippen LogP contribution in [0.2, 0.25) is 0 Å². The van der Waals surface area contributed by atoms with E-state index in [4.69, 9.17) is 4.98 Å². The summed E-state index contributed by atoms with van der Waals surface area (Å²) in [7, 11) is 0. The van der Waals surface area contributed by atoms with Crippen LogP contribution in [0.3, 0.4) is 0 Å². The lowest BCUT2D eigenvalue weighted by atomic mass is 9.94. The van der Waals surface area contributed by atoms with E-state index in [1.54, 1.807) is 0 Å². The molecule has 1 saturated heterocycles. The van der Waals surface area contributed by atoms with E-state index in [-0.39, 0.29) is 17.9 Å². The van der Waals surface area contributed by atoms with Crippen LogP contribution in [0.1, 0.15) is 77.8 Å². The van der Waals surface area contributed by atoms with Gasteiger partial charge in [-0.05, 0) is 57.8 Å². The highest BCUT2D eigenvalue weighted by molar-refractivity contribution is 6.11. The van der Waals surface area contributed by atoms with Crippen molar-refractivity contribution in [1.29, 1.82) is 0 Å². The summed E-state index contributed by atoms with van der Waals surface area (Å²) in [6.07, 6.45) is 9.21. The number of aromatic nitrogens is 1. The first-order valence-corrected chi connectivity index (χ1v) is 12.0. The van der Waals surface area contributed by atoms with Crippen molar-refractivity contribution in [2.24, 2.45) is 0 Å². The lowest BCUT2D eigenvalue weighted by molar-refractivity contribution is 0.0655. The lowest BCUT2D eigenvalue weighted by Gasteiger charge is -2.30. The molecule has 6 heteroatoms. The predicted octanol–water partition coefficient (Wildman–Crippen LogP) is 3.74. The second kappa shape index (κ2) is 8.95. The average Bonchev–Trinajstić information content (AvgIpc) is 3.44. The summed E-state index contributed by atoms with van der Waals surface area (Å²) >= 11 is 0. The van der Waals surface area contributed by atoms with Gasteiger partial charge < -0.3 is 15.1 Å². The highest BCUT2D eigenvalue weighted by Crippen LogP contribution is 2.34. The summed E-state index contributed by atoms with van der Waals surface area (Å²) in [5.41, 5.74) is 2.66. The number of hydrogen-bond donors (Lipinski definition) is 1. The Morgan fingerprint density at radius 1 is 1.06 bits per heavy atom. The molecule has 0 atom stereocenters. The van der Waals surface area contributed by atoms with Crippen molar-refractivity contribution in [2.75, 3.05) is 26.2 Å².